The zero-order valence-corrected chi connectivity index (χ0v) is 14.2. The fourth-order valence-electron chi connectivity index (χ4n) is 2.19. The second-order valence-electron chi connectivity index (χ2n) is 6.01. The number of carboxylic acids is 1. The molecule has 0 saturated heterocycles. The lowest BCUT2D eigenvalue weighted by Gasteiger charge is -2.21. The van der Waals surface area contributed by atoms with Gasteiger partial charge >= 0.3 is 5.97 Å². The number of rotatable bonds is 6. The van der Waals surface area contributed by atoms with E-state index in [-0.39, 0.29) is 11.6 Å². The molecule has 0 aliphatic rings. The number of carbonyl (C=O) groups is 3. The molecule has 2 amide bonds. The highest BCUT2D eigenvalue weighted by molar-refractivity contribution is 5.97. The van der Waals surface area contributed by atoms with E-state index >= 15 is 0 Å². The maximum atomic E-state index is 12.2. The van der Waals surface area contributed by atoms with Crippen molar-refractivity contribution in [1.29, 1.82) is 0 Å². The lowest BCUT2D eigenvalue weighted by molar-refractivity contribution is -0.143. The summed E-state index contributed by atoms with van der Waals surface area (Å²) in [4.78, 5) is 43.9. The van der Waals surface area contributed by atoms with Crippen molar-refractivity contribution in [3.05, 3.63) is 36.2 Å². The number of hydrogen-bond acceptors (Lipinski definition) is 5. The summed E-state index contributed by atoms with van der Waals surface area (Å²) in [5.41, 5.74) is 1.31. The Bertz CT molecular complexity index is 806. The Kier molecular flexibility index (Phi) is 5.63. The van der Waals surface area contributed by atoms with E-state index in [0.717, 1.165) is 0 Å². The molecule has 0 unspecified atom stereocenters. The number of carbonyl (C=O) groups excluding carboxylic acids is 2. The van der Waals surface area contributed by atoms with Crippen LogP contribution < -0.4 is 10.6 Å². The van der Waals surface area contributed by atoms with Crippen LogP contribution in [0.4, 0.5) is 0 Å². The largest absolute Gasteiger partial charge is 0.480 e. The highest BCUT2D eigenvalue weighted by Crippen LogP contribution is 2.08. The van der Waals surface area contributed by atoms with Crippen LogP contribution in [0.2, 0.25) is 0 Å². The topological polar surface area (TPSA) is 121 Å². The summed E-state index contributed by atoms with van der Waals surface area (Å²) in [7, 11) is 0. The van der Waals surface area contributed by atoms with Crippen LogP contribution in [-0.2, 0) is 9.59 Å². The number of benzene rings is 1. The van der Waals surface area contributed by atoms with Gasteiger partial charge < -0.3 is 15.7 Å². The molecule has 1 aromatic carbocycles. The van der Waals surface area contributed by atoms with Crippen LogP contribution in [0, 0.1) is 5.92 Å². The summed E-state index contributed by atoms with van der Waals surface area (Å²) in [6.07, 6.45) is 1.33. The molecule has 0 saturated carbocycles. The number of nitrogens with zero attached hydrogens (tertiary/aromatic N) is 2. The molecule has 0 bridgehead atoms. The van der Waals surface area contributed by atoms with Crippen LogP contribution in [-0.4, -0.2) is 44.9 Å². The fourth-order valence-corrected chi connectivity index (χ4v) is 2.19. The van der Waals surface area contributed by atoms with Crippen LogP contribution >= 0.6 is 0 Å². The second-order valence-corrected chi connectivity index (χ2v) is 6.01. The highest BCUT2D eigenvalue weighted by Gasteiger charge is 2.26. The van der Waals surface area contributed by atoms with Gasteiger partial charge in [-0.05, 0) is 25.0 Å². The van der Waals surface area contributed by atoms with Crippen LogP contribution in [0.15, 0.2) is 30.5 Å². The van der Waals surface area contributed by atoms with E-state index < -0.39 is 29.9 Å². The number of carboxylic acid groups (broad SMARTS) is 1. The van der Waals surface area contributed by atoms with E-state index in [1.54, 1.807) is 32.0 Å². The molecular weight excluding hydrogens is 324 g/mol. The van der Waals surface area contributed by atoms with E-state index in [4.69, 9.17) is 5.11 Å². The Morgan fingerprint density at radius 2 is 1.68 bits per heavy atom. The molecule has 0 spiro atoms. The van der Waals surface area contributed by atoms with Gasteiger partial charge in [-0.3, -0.25) is 14.6 Å². The fraction of sp³-hybridized carbons (Fsp3) is 0.353. The quantitative estimate of drug-likeness (QED) is 0.718. The third-order valence-electron chi connectivity index (χ3n) is 3.65. The van der Waals surface area contributed by atoms with Crippen LogP contribution in [0.3, 0.4) is 0 Å². The van der Waals surface area contributed by atoms with Crippen molar-refractivity contribution in [1.82, 2.24) is 20.6 Å². The molecule has 0 fully saturated rings. The van der Waals surface area contributed by atoms with Crippen molar-refractivity contribution < 1.29 is 19.5 Å². The Morgan fingerprint density at radius 3 is 2.28 bits per heavy atom. The van der Waals surface area contributed by atoms with Crippen molar-refractivity contribution in [2.75, 3.05) is 0 Å². The second kappa shape index (κ2) is 7.69. The van der Waals surface area contributed by atoms with Gasteiger partial charge in [0.1, 0.15) is 17.8 Å². The molecule has 8 heteroatoms. The van der Waals surface area contributed by atoms with Gasteiger partial charge in [0.2, 0.25) is 5.91 Å². The first-order valence-electron chi connectivity index (χ1n) is 7.85. The first-order valence-corrected chi connectivity index (χ1v) is 7.85. The maximum absolute atomic E-state index is 12.2. The molecule has 3 N–H and O–H groups in total. The van der Waals surface area contributed by atoms with Crippen molar-refractivity contribution in [3.63, 3.8) is 0 Å². The third kappa shape index (κ3) is 4.50. The summed E-state index contributed by atoms with van der Waals surface area (Å²) in [5.74, 6) is -2.54. The van der Waals surface area contributed by atoms with Gasteiger partial charge in [0.15, 0.2) is 0 Å². The van der Waals surface area contributed by atoms with E-state index in [1.165, 1.54) is 13.1 Å². The van der Waals surface area contributed by atoms with Gasteiger partial charge in [-0.2, -0.15) is 0 Å². The SMILES string of the molecule is CC(C)[C@H](NC(=O)[C@H](C)NC(=O)c1cnc2ccccc2n1)C(=O)O. The third-order valence-corrected chi connectivity index (χ3v) is 3.65. The Balaban J connectivity index is 2.05. The van der Waals surface area contributed by atoms with Crippen LogP contribution in [0.1, 0.15) is 31.3 Å². The molecule has 25 heavy (non-hydrogen) atoms. The number of nitrogens with one attached hydrogen (secondary N) is 2. The van der Waals surface area contributed by atoms with Gasteiger partial charge in [0.05, 0.1) is 17.2 Å². The molecule has 8 nitrogen and oxygen atoms in total. The lowest BCUT2D eigenvalue weighted by atomic mass is 10.0. The summed E-state index contributed by atoms with van der Waals surface area (Å²) in [5, 5.41) is 14.0. The van der Waals surface area contributed by atoms with Crippen molar-refractivity contribution in [2.45, 2.75) is 32.9 Å². The van der Waals surface area contributed by atoms with Gasteiger partial charge in [-0.25, -0.2) is 9.78 Å². The first kappa shape index (κ1) is 18.3. The molecule has 2 atom stereocenters. The summed E-state index contributed by atoms with van der Waals surface area (Å²) in [6, 6.07) is 5.17. The number of amides is 2. The number of hydrogen-bond donors (Lipinski definition) is 3. The van der Waals surface area contributed by atoms with E-state index in [9.17, 15) is 14.4 Å². The number of para-hydroxylation sites is 2. The molecule has 0 aliphatic carbocycles. The summed E-state index contributed by atoms with van der Waals surface area (Å²) >= 11 is 0. The predicted octanol–water partition coefficient (Wildman–Crippen LogP) is 0.973. The van der Waals surface area contributed by atoms with Crippen molar-refractivity contribution in [3.8, 4) is 0 Å². The average molecular weight is 344 g/mol. The van der Waals surface area contributed by atoms with E-state index in [2.05, 4.69) is 20.6 Å². The highest BCUT2D eigenvalue weighted by atomic mass is 16.4. The maximum Gasteiger partial charge on any atom is 0.326 e. The van der Waals surface area contributed by atoms with Gasteiger partial charge in [0, 0.05) is 0 Å². The van der Waals surface area contributed by atoms with Crippen molar-refractivity contribution in [2.24, 2.45) is 5.92 Å². The van der Waals surface area contributed by atoms with Gasteiger partial charge in [-0.1, -0.05) is 26.0 Å². The predicted molar refractivity (Wildman–Crippen MR) is 90.9 cm³/mol. The van der Waals surface area contributed by atoms with Gasteiger partial charge in [-0.15, -0.1) is 0 Å². The summed E-state index contributed by atoms with van der Waals surface area (Å²) in [6.45, 7) is 4.85. The molecular formula is C17H20N4O4. The molecule has 2 rings (SSSR count). The summed E-state index contributed by atoms with van der Waals surface area (Å²) < 4.78 is 0. The Labute approximate surface area is 144 Å². The van der Waals surface area contributed by atoms with Gasteiger partial charge in [0.25, 0.3) is 5.91 Å². The van der Waals surface area contributed by atoms with Crippen molar-refractivity contribution >= 4 is 28.8 Å². The van der Waals surface area contributed by atoms with Crippen LogP contribution in [0.25, 0.3) is 11.0 Å². The van der Waals surface area contributed by atoms with E-state index in [1.807, 2.05) is 6.07 Å². The number of fused-ring (bicyclic) bond motifs is 1. The average Bonchev–Trinajstić information content (AvgIpc) is 2.58. The minimum absolute atomic E-state index is 0.0806. The molecule has 1 aromatic heterocycles. The monoisotopic (exact) mass is 344 g/mol. The standard InChI is InChI=1S/C17H20N4O4/c1-9(2)14(17(24)25)21-15(22)10(3)19-16(23)13-8-18-11-6-4-5-7-12(11)20-13/h4-10,14H,1-3H3,(H,19,23)(H,21,22)(H,24,25)/t10-,14-/m0/s1. The Morgan fingerprint density at radius 1 is 1.04 bits per heavy atom. The van der Waals surface area contributed by atoms with Crippen LogP contribution in [0.5, 0.6) is 0 Å². The molecule has 0 radical (unpaired) electrons. The first-order chi connectivity index (χ1) is 11.8. The molecule has 132 valence electrons. The van der Waals surface area contributed by atoms with E-state index in [0.29, 0.717) is 11.0 Å². The minimum Gasteiger partial charge on any atom is -0.480 e. The lowest BCUT2D eigenvalue weighted by Crippen LogP contribution is -2.52. The Hall–Kier alpha value is -3.03. The molecule has 2 aromatic rings. The minimum atomic E-state index is -1.12. The zero-order valence-electron chi connectivity index (χ0n) is 14.2. The number of aromatic nitrogens is 2. The number of aliphatic carboxylic acids is 1. The smallest absolute Gasteiger partial charge is 0.326 e. The molecule has 0 aliphatic heterocycles. The molecule has 1 heterocycles. The normalized spacial score (nSPS) is 13.3. The zero-order chi connectivity index (χ0) is 18.6.